The van der Waals surface area contributed by atoms with Gasteiger partial charge in [-0.3, -0.25) is 4.79 Å². The second-order valence-electron chi connectivity index (χ2n) is 7.29. The quantitative estimate of drug-likeness (QED) is 0.387. The summed E-state index contributed by atoms with van der Waals surface area (Å²) in [7, 11) is 0. The first-order chi connectivity index (χ1) is 15.5. The first-order valence-electron chi connectivity index (χ1n) is 10.5. The molecule has 2 atom stereocenters. The predicted octanol–water partition coefficient (Wildman–Crippen LogP) is 4.08. The van der Waals surface area contributed by atoms with Crippen molar-refractivity contribution in [2.24, 2.45) is 11.7 Å². The second kappa shape index (κ2) is 11.3. The van der Waals surface area contributed by atoms with Crippen LogP contribution in [0.3, 0.4) is 0 Å². The van der Waals surface area contributed by atoms with Crippen LogP contribution in [0, 0.1) is 11.7 Å². The van der Waals surface area contributed by atoms with Gasteiger partial charge in [-0.05, 0) is 54.8 Å². The lowest BCUT2D eigenvalue weighted by Gasteiger charge is -2.24. The fourth-order valence-corrected chi connectivity index (χ4v) is 3.53. The van der Waals surface area contributed by atoms with Crippen molar-refractivity contribution in [3.63, 3.8) is 0 Å². The van der Waals surface area contributed by atoms with Crippen LogP contribution in [-0.4, -0.2) is 34.3 Å². The highest BCUT2D eigenvalue weighted by molar-refractivity contribution is 5.72. The number of hydrogen-bond donors (Lipinski definition) is 3. The molecule has 0 aliphatic rings. The lowest BCUT2D eigenvalue weighted by molar-refractivity contribution is -0.143. The van der Waals surface area contributed by atoms with E-state index in [0.29, 0.717) is 43.4 Å². The molecular formula is C24H27FN4O3. The van der Waals surface area contributed by atoms with Crippen molar-refractivity contribution in [2.45, 2.75) is 25.8 Å². The van der Waals surface area contributed by atoms with Crippen LogP contribution in [0.25, 0.3) is 0 Å². The number of ether oxygens (including phenoxy) is 1. The van der Waals surface area contributed by atoms with Crippen LogP contribution in [0.15, 0.2) is 60.8 Å². The zero-order chi connectivity index (χ0) is 22.9. The monoisotopic (exact) mass is 438 g/mol. The van der Waals surface area contributed by atoms with E-state index in [1.807, 2.05) is 31.2 Å². The molecule has 8 heteroatoms. The lowest BCUT2D eigenvalue weighted by Crippen LogP contribution is -2.25. The Morgan fingerprint density at radius 2 is 1.88 bits per heavy atom. The van der Waals surface area contributed by atoms with Crippen LogP contribution in [-0.2, 0) is 16.1 Å². The summed E-state index contributed by atoms with van der Waals surface area (Å²) in [4.78, 5) is 21.1. The average Bonchev–Trinajstić information content (AvgIpc) is 2.80. The fraction of sp³-hybridized carbons (Fsp3) is 0.292. The third kappa shape index (κ3) is 6.09. The van der Waals surface area contributed by atoms with Gasteiger partial charge in [0.2, 0.25) is 5.95 Å². The second-order valence-corrected chi connectivity index (χ2v) is 7.29. The molecule has 0 radical (unpaired) electrons. The van der Waals surface area contributed by atoms with Crippen LogP contribution < -0.4 is 11.1 Å². The molecule has 7 nitrogen and oxygen atoms in total. The Bertz CT molecular complexity index is 1010. The van der Waals surface area contributed by atoms with E-state index >= 15 is 0 Å². The van der Waals surface area contributed by atoms with E-state index < -0.39 is 17.8 Å². The fourth-order valence-electron chi connectivity index (χ4n) is 3.53. The maximum Gasteiger partial charge on any atom is 0.307 e. The highest BCUT2D eigenvalue weighted by Gasteiger charge is 2.32. The number of nitrogens with zero attached hydrogens (tertiary/aromatic N) is 2. The van der Waals surface area contributed by atoms with Crippen molar-refractivity contribution in [1.29, 1.82) is 0 Å². The average molecular weight is 439 g/mol. The number of aliphatic carboxylic acids is 1. The van der Waals surface area contributed by atoms with Crippen molar-refractivity contribution in [2.75, 3.05) is 18.5 Å². The molecule has 0 saturated heterocycles. The summed E-state index contributed by atoms with van der Waals surface area (Å²) in [6.07, 6.45) is 1.87. The number of carboxylic acid groups (broad SMARTS) is 1. The van der Waals surface area contributed by atoms with E-state index in [1.54, 1.807) is 24.4 Å². The Morgan fingerprint density at radius 3 is 2.50 bits per heavy atom. The Balaban J connectivity index is 1.95. The number of nitrogens with two attached hydrogens (primary N) is 1. The van der Waals surface area contributed by atoms with E-state index in [9.17, 15) is 14.3 Å². The topological polar surface area (TPSA) is 110 Å². The molecule has 3 rings (SSSR count). The molecule has 3 aromatic rings. The van der Waals surface area contributed by atoms with Crippen LogP contribution in [0.5, 0.6) is 0 Å². The Kier molecular flexibility index (Phi) is 8.24. The molecule has 1 aromatic heterocycles. The number of carbonyl (C=O) groups is 1. The highest BCUT2D eigenvalue weighted by Crippen LogP contribution is 2.34. The number of aromatic nitrogens is 2. The smallest absolute Gasteiger partial charge is 0.307 e. The van der Waals surface area contributed by atoms with E-state index in [-0.39, 0.29) is 5.82 Å². The van der Waals surface area contributed by atoms with Gasteiger partial charge in [0.05, 0.1) is 11.6 Å². The summed E-state index contributed by atoms with van der Waals surface area (Å²) in [5.41, 5.74) is 8.61. The van der Waals surface area contributed by atoms with Gasteiger partial charge in [-0.1, -0.05) is 24.3 Å². The van der Waals surface area contributed by atoms with Crippen LogP contribution in [0.1, 0.15) is 36.1 Å². The molecule has 2 unspecified atom stereocenters. The van der Waals surface area contributed by atoms with Crippen molar-refractivity contribution >= 4 is 17.6 Å². The molecule has 32 heavy (non-hydrogen) atoms. The number of carboxylic acids is 1. The maximum absolute atomic E-state index is 13.5. The minimum atomic E-state index is -0.968. The lowest BCUT2D eigenvalue weighted by atomic mass is 9.81. The van der Waals surface area contributed by atoms with Gasteiger partial charge in [0.25, 0.3) is 0 Å². The molecule has 0 aliphatic heterocycles. The molecule has 4 N–H and O–H groups in total. The summed E-state index contributed by atoms with van der Waals surface area (Å²) in [5, 5.41) is 13.1. The summed E-state index contributed by atoms with van der Waals surface area (Å²) in [6.45, 7) is 3.10. The molecule has 1 heterocycles. The molecule has 168 valence electrons. The molecule has 0 bridgehead atoms. The van der Waals surface area contributed by atoms with Crippen molar-refractivity contribution in [1.82, 2.24) is 9.97 Å². The molecular weight excluding hydrogens is 411 g/mol. The summed E-state index contributed by atoms with van der Waals surface area (Å²) >= 11 is 0. The van der Waals surface area contributed by atoms with Gasteiger partial charge in [-0.15, -0.1) is 0 Å². The maximum atomic E-state index is 13.5. The third-order valence-corrected chi connectivity index (χ3v) is 5.17. The molecule has 0 saturated carbocycles. The minimum Gasteiger partial charge on any atom is -0.481 e. The van der Waals surface area contributed by atoms with Crippen molar-refractivity contribution in [3.05, 3.63) is 83.4 Å². The number of hydrogen-bond acceptors (Lipinski definition) is 6. The minimum absolute atomic E-state index is 0.290. The standard InChI is InChI=1S/C24H27FN4O3/c1-2-32-14-12-20(23(30)31)22(17-5-7-18(25)8-6-17)21-11-13-27-24(29-21)28-19-9-3-16(15-26)4-10-19/h3-11,13,20,22H,2,12,14-15,26H2,1H3,(H,30,31)(H,27,28,29). The van der Waals surface area contributed by atoms with E-state index in [4.69, 9.17) is 10.5 Å². The van der Waals surface area contributed by atoms with Gasteiger partial charge in [0, 0.05) is 37.6 Å². The van der Waals surface area contributed by atoms with Gasteiger partial charge in [0.1, 0.15) is 5.82 Å². The zero-order valence-corrected chi connectivity index (χ0v) is 17.9. The third-order valence-electron chi connectivity index (χ3n) is 5.17. The van der Waals surface area contributed by atoms with Gasteiger partial charge in [0.15, 0.2) is 0 Å². The Morgan fingerprint density at radius 1 is 1.16 bits per heavy atom. The number of halogens is 1. The first-order valence-corrected chi connectivity index (χ1v) is 10.5. The Labute approximate surface area is 186 Å². The molecule has 0 spiro atoms. The zero-order valence-electron chi connectivity index (χ0n) is 17.9. The number of nitrogens with one attached hydrogen (secondary N) is 1. The summed E-state index contributed by atoms with van der Waals surface area (Å²) in [5.74, 6) is -2.43. The predicted molar refractivity (Wildman–Crippen MR) is 120 cm³/mol. The normalized spacial score (nSPS) is 12.8. The number of benzene rings is 2. The summed E-state index contributed by atoms with van der Waals surface area (Å²) in [6, 6.07) is 15.1. The number of rotatable bonds is 11. The van der Waals surface area contributed by atoms with Crippen LogP contribution in [0.2, 0.25) is 0 Å². The molecule has 0 aliphatic carbocycles. The van der Waals surface area contributed by atoms with Gasteiger partial charge >= 0.3 is 5.97 Å². The summed E-state index contributed by atoms with van der Waals surface area (Å²) < 4.78 is 18.9. The van der Waals surface area contributed by atoms with Crippen molar-refractivity contribution < 1.29 is 19.0 Å². The van der Waals surface area contributed by atoms with Crippen molar-refractivity contribution in [3.8, 4) is 0 Å². The van der Waals surface area contributed by atoms with Gasteiger partial charge in [-0.25, -0.2) is 14.4 Å². The van der Waals surface area contributed by atoms with Crippen LogP contribution in [0.4, 0.5) is 16.0 Å². The van der Waals surface area contributed by atoms with Crippen LogP contribution >= 0.6 is 0 Å². The molecule has 2 aromatic carbocycles. The molecule has 0 fully saturated rings. The first kappa shape index (κ1) is 23.3. The van der Waals surface area contributed by atoms with Gasteiger partial charge in [-0.2, -0.15) is 0 Å². The molecule has 0 amide bonds. The number of anilines is 2. The van der Waals surface area contributed by atoms with E-state index in [1.165, 1.54) is 12.1 Å². The largest absolute Gasteiger partial charge is 0.481 e. The van der Waals surface area contributed by atoms with Gasteiger partial charge < -0.3 is 20.9 Å². The van der Waals surface area contributed by atoms with E-state index in [0.717, 1.165) is 11.3 Å². The Hall–Kier alpha value is -3.36. The van der Waals surface area contributed by atoms with E-state index in [2.05, 4.69) is 15.3 Å². The highest BCUT2D eigenvalue weighted by atomic mass is 19.1. The SMILES string of the molecule is CCOCCC(C(=O)O)C(c1ccc(F)cc1)c1ccnc(Nc2ccc(CN)cc2)n1.